The highest BCUT2D eigenvalue weighted by molar-refractivity contribution is 8.00. The van der Waals surface area contributed by atoms with Crippen molar-refractivity contribution in [3.8, 4) is 33.4 Å². The van der Waals surface area contributed by atoms with E-state index in [4.69, 9.17) is 0 Å². The molecule has 5 heteroatoms. The smallest absolute Gasteiger partial charge is 0.115 e. The summed E-state index contributed by atoms with van der Waals surface area (Å²) in [5.74, 6) is 0. The second kappa shape index (κ2) is 13.6. The normalized spacial score (nSPS) is 17.0. The Morgan fingerprint density at radius 1 is 0.381 bits per heavy atom. The first-order valence-electron chi connectivity index (χ1n) is 22.4. The quantitative estimate of drug-likeness (QED) is 0.162. The van der Waals surface area contributed by atoms with Gasteiger partial charge >= 0.3 is 0 Å². The summed E-state index contributed by atoms with van der Waals surface area (Å²) >= 11 is 3.99. The first-order chi connectivity index (χ1) is 30.3. The highest BCUT2D eigenvalue weighted by atomic mass is 32.2. The van der Waals surface area contributed by atoms with Crippen LogP contribution in [0.25, 0.3) is 33.4 Å². The first-order valence-corrected chi connectivity index (χ1v) is 30.1. The zero-order valence-corrected chi connectivity index (χ0v) is 41.0. The minimum Gasteiger partial charge on any atom is -0.310 e. The number of hydrogen-bond acceptors (Lipinski definition) is 3. The molecule has 8 aromatic rings. The van der Waals surface area contributed by atoms with Gasteiger partial charge in [0.15, 0.2) is 0 Å². The van der Waals surface area contributed by atoms with Crippen LogP contribution in [0.2, 0.25) is 26.2 Å². The molecule has 2 heterocycles. The number of hydrogen-bond donors (Lipinski definition) is 0. The summed E-state index contributed by atoms with van der Waals surface area (Å²) in [6.45, 7) is 19.9. The average Bonchev–Trinajstić information content (AvgIpc) is 3.66. The van der Waals surface area contributed by atoms with Crippen molar-refractivity contribution in [3.63, 3.8) is 0 Å². The molecule has 0 fully saturated rings. The van der Waals surface area contributed by atoms with Gasteiger partial charge in [0, 0.05) is 47.5 Å². The van der Waals surface area contributed by atoms with E-state index in [9.17, 15) is 0 Å². The predicted octanol–water partition coefficient (Wildman–Crippen LogP) is 14.0. The molecule has 0 N–H and O–H groups in total. The third kappa shape index (κ3) is 5.56. The molecular formula is C58H51NS2Si2. The van der Waals surface area contributed by atoms with Crippen LogP contribution in [0.5, 0.6) is 0 Å². The molecule has 0 radical (unpaired) electrons. The topological polar surface area (TPSA) is 3.24 Å². The van der Waals surface area contributed by atoms with Gasteiger partial charge < -0.3 is 4.90 Å². The van der Waals surface area contributed by atoms with Crippen LogP contribution in [0, 0.1) is 0 Å². The molecule has 0 atom stereocenters. The van der Waals surface area contributed by atoms with Crippen molar-refractivity contribution in [2.45, 2.75) is 84.3 Å². The molecule has 0 amide bonds. The monoisotopic (exact) mass is 881 g/mol. The molecular weight excluding hydrogens is 831 g/mol. The molecule has 0 saturated carbocycles. The van der Waals surface area contributed by atoms with Crippen LogP contribution in [0.15, 0.2) is 183 Å². The fourth-order valence-corrected chi connectivity index (χ4v) is 22.7. The van der Waals surface area contributed by atoms with E-state index in [0.717, 1.165) is 5.69 Å². The Morgan fingerprint density at radius 2 is 0.794 bits per heavy atom. The third-order valence-electron chi connectivity index (χ3n) is 15.2. The zero-order valence-electron chi connectivity index (χ0n) is 37.4. The van der Waals surface area contributed by atoms with Crippen LogP contribution in [-0.4, -0.2) is 16.1 Å². The molecule has 1 nitrogen and oxygen atoms in total. The average molecular weight is 882 g/mol. The molecule has 12 rings (SSSR count). The Kier molecular flexibility index (Phi) is 8.49. The fraction of sp³-hybridized carbons (Fsp3) is 0.172. The van der Waals surface area contributed by atoms with Crippen LogP contribution in [0.1, 0.15) is 49.9 Å². The van der Waals surface area contributed by atoms with Gasteiger partial charge in [-0.15, -0.1) is 0 Å². The minimum atomic E-state index is -1.89. The highest BCUT2D eigenvalue weighted by Gasteiger charge is 2.45. The maximum absolute atomic E-state index is 2.54. The van der Waals surface area contributed by atoms with Crippen molar-refractivity contribution >= 4 is 77.5 Å². The Balaban J connectivity index is 1.02. The van der Waals surface area contributed by atoms with Crippen LogP contribution in [0.4, 0.5) is 17.1 Å². The molecule has 0 aromatic heterocycles. The van der Waals surface area contributed by atoms with Crippen LogP contribution in [-0.2, 0) is 10.8 Å². The van der Waals surface area contributed by atoms with Crippen LogP contribution < -0.4 is 25.6 Å². The molecule has 0 bridgehead atoms. The van der Waals surface area contributed by atoms with E-state index in [2.05, 4.69) is 223 Å². The van der Waals surface area contributed by atoms with E-state index in [-0.39, 0.29) is 10.8 Å². The summed E-state index contributed by atoms with van der Waals surface area (Å²) < 4.78 is 0. The van der Waals surface area contributed by atoms with E-state index >= 15 is 0 Å². The Labute approximate surface area is 383 Å². The second-order valence-electron chi connectivity index (χ2n) is 20.1. The van der Waals surface area contributed by atoms with Gasteiger partial charge in [0.05, 0.1) is 0 Å². The van der Waals surface area contributed by atoms with Gasteiger partial charge in [0.25, 0.3) is 0 Å². The van der Waals surface area contributed by atoms with Gasteiger partial charge in [-0.05, 0) is 125 Å². The highest BCUT2D eigenvalue weighted by Crippen LogP contribution is 2.57. The number of fused-ring (bicyclic) bond motifs is 12. The lowest BCUT2D eigenvalue weighted by molar-refractivity contribution is 0.659. The molecule has 2 aliphatic heterocycles. The zero-order chi connectivity index (χ0) is 43.2. The molecule has 0 unspecified atom stereocenters. The lowest BCUT2D eigenvalue weighted by Gasteiger charge is -2.34. The number of benzene rings is 8. The standard InChI is InChI=1S/C58H51NS2Si2/c1-57(2)43-30-32-51-55(60-47-18-12-14-20-49(47)62(51,5)6)53(43)41-28-26-39(34-45(41)57)59(38-24-22-37(23-25-38)36-16-10-9-11-17-36)40-27-29-42-46(35-40)58(3,4)44-31-33-52-56(54(42)44)61-48-19-13-15-21-50(48)63(52,7)8/h9-35H,1-8H3. The summed E-state index contributed by atoms with van der Waals surface area (Å²) in [5, 5.41) is 6.24. The first kappa shape index (κ1) is 39.3. The Morgan fingerprint density at radius 3 is 1.27 bits per heavy atom. The Bertz CT molecular complexity index is 3060. The molecule has 308 valence electrons. The van der Waals surface area contributed by atoms with Crippen molar-refractivity contribution in [1.82, 2.24) is 0 Å². The number of nitrogens with zero attached hydrogens (tertiary/aromatic N) is 1. The number of anilines is 3. The molecule has 4 aliphatic rings. The predicted molar refractivity (Wildman–Crippen MR) is 276 cm³/mol. The van der Waals surface area contributed by atoms with Crippen molar-refractivity contribution in [2.24, 2.45) is 0 Å². The van der Waals surface area contributed by atoms with Crippen molar-refractivity contribution in [1.29, 1.82) is 0 Å². The molecule has 0 spiro atoms. The molecule has 0 saturated heterocycles. The van der Waals surface area contributed by atoms with E-state index in [1.165, 1.54) is 86.6 Å². The summed E-state index contributed by atoms with van der Waals surface area (Å²) in [4.78, 5) is 8.33. The lowest BCUT2D eigenvalue weighted by atomic mass is 9.82. The summed E-state index contributed by atoms with van der Waals surface area (Å²) in [6, 6.07) is 62.9. The van der Waals surface area contributed by atoms with E-state index < -0.39 is 16.1 Å². The lowest BCUT2D eigenvalue weighted by Crippen LogP contribution is -2.56. The summed E-state index contributed by atoms with van der Waals surface area (Å²) in [7, 11) is -3.78. The third-order valence-corrected chi connectivity index (χ3v) is 25.4. The van der Waals surface area contributed by atoms with E-state index in [0.29, 0.717) is 0 Å². The largest absolute Gasteiger partial charge is 0.310 e. The molecule has 63 heavy (non-hydrogen) atoms. The van der Waals surface area contributed by atoms with Gasteiger partial charge in [-0.25, -0.2) is 0 Å². The summed E-state index contributed by atoms with van der Waals surface area (Å²) in [5.41, 5.74) is 17.0. The molecule has 2 aliphatic carbocycles. The van der Waals surface area contributed by atoms with Crippen molar-refractivity contribution in [3.05, 3.63) is 186 Å². The SMILES string of the molecule is CC1(C)c2cc(N(c3ccc(-c4ccccc4)cc3)c3ccc4c(c3)C(C)(C)c3ccc5c(c3-4)Sc3ccccc3[Si]5(C)C)ccc2-c2c1ccc1c2Sc2ccccc2[Si]1(C)C. The van der Waals surface area contributed by atoms with Gasteiger partial charge in [0.2, 0.25) is 0 Å². The van der Waals surface area contributed by atoms with Gasteiger partial charge in [-0.1, -0.05) is 193 Å². The van der Waals surface area contributed by atoms with Gasteiger partial charge in [-0.2, -0.15) is 0 Å². The second-order valence-corrected chi connectivity index (χ2v) is 30.9. The summed E-state index contributed by atoms with van der Waals surface area (Å²) in [6.07, 6.45) is 0. The minimum absolute atomic E-state index is 0.157. The van der Waals surface area contributed by atoms with E-state index in [1.54, 1.807) is 20.7 Å². The maximum atomic E-state index is 2.54. The fourth-order valence-electron chi connectivity index (χ4n) is 11.6. The van der Waals surface area contributed by atoms with Crippen molar-refractivity contribution in [2.75, 3.05) is 4.90 Å². The number of rotatable bonds is 4. The van der Waals surface area contributed by atoms with E-state index in [1.807, 2.05) is 23.5 Å². The Hall–Kier alpha value is -5.31. The van der Waals surface area contributed by atoms with Crippen LogP contribution >= 0.6 is 23.5 Å². The van der Waals surface area contributed by atoms with Gasteiger partial charge in [0.1, 0.15) is 16.1 Å². The maximum Gasteiger partial charge on any atom is 0.115 e. The molecule has 8 aromatic carbocycles. The van der Waals surface area contributed by atoms with Gasteiger partial charge in [-0.3, -0.25) is 0 Å². The van der Waals surface area contributed by atoms with Crippen molar-refractivity contribution < 1.29 is 0 Å². The van der Waals surface area contributed by atoms with Crippen LogP contribution in [0.3, 0.4) is 0 Å².